The molecule has 7 heteroatoms. The highest BCUT2D eigenvalue weighted by atomic mass is 35.5. The Morgan fingerprint density at radius 2 is 2.11 bits per heavy atom. The summed E-state index contributed by atoms with van der Waals surface area (Å²) >= 11 is 19.9. The molecule has 2 unspecified atom stereocenters. The third-order valence-electron chi connectivity index (χ3n) is 2.56. The van der Waals surface area contributed by atoms with Crippen molar-refractivity contribution >= 4 is 52.4 Å². The zero-order valence-corrected chi connectivity index (χ0v) is 13.2. The number of aryl methyl sites for hydroxylation is 1. The van der Waals surface area contributed by atoms with E-state index in [0.29, 0.717) is 21.8 Å². The Bertz CT molecular complexity index is 525. The fourth-order valence-electron chi connectivity index (χ4n) is 1.63. The van der Waals surface area contributed by atoms with Crippen LogP contribution in [0.4, 0.5) is 5.82 Å². The van der Waals surface area contributed by atoms with Gasteiger partial charge in [0.05, 0.1) is 10.8 Å². The number of alkyl halides is 2. The largest absolute Gasteiger partial charge is 0.384 e. The summed E-state index contributed by atoms with van der Waals surface area (Å²) in [5, 5.41) is 0.682. The summed E-state index contributed by atoms with van der Waals surface area (Å²) in [6.45, 7) is 1.87. The van der Waals surface area contributed by atoms with Crippen molar-refractivity contribution in [3.8, 4) is 0 Å². The van der Waals surface area contributed by atoms with Crippen molar-refractivity contribution < 1.29 is 0 Å². The normalized spacial score (nSPS) is 22.9. The van der Waals surface area contributed by atoms with Crippen LogP contribution < -0.4 is 5.73 Å². The fourth-order valence-corrected chi connectivity index (χ4v) is 3.61. The number of nitrogen functional groups attached to an aromatic ring is 1. The molecule has 0 bridgehead atoms. The molecule has 0 aromatic carbocycles. The van der Waals surface area contributed by atoms with Gasteiger partial charge in [0.2, 0.25) is 0 Å². The van der Waals surface area contributed by atoms with Gasteiger partial charge in [-0.2, -0.15) is 0 Å². The number of nitrogens with zero attached hydrogens (tertiary/aromatic N) is 2. The van der Waals surface area contributed by atoms with Gasteiger partial charge >= 0.3 is 0 Å². The first-order valence-corrected chi connectivity index (χ1v) is 7.80. The van der Waals surface area contributed by atoms with Crippen LogP contribution in [-0.4, -0.2) is 26.5 Å². The van der Waals surface area contributed by atoms with Gasteiger partial charge in [-0.25, -0.2) is 9.97 Å². The number of aromatic nitrogens is 2. The van der Waals surface area contributed by atoms with E-state index in [2.05, 4.69) is 9.97 Å². The molecule has 0 fully saturated rings. The highest BCUT2D eigenvalue weighted by Gasteiger charge is 2.24. The van der Waals surface area contributed by atoms with E-state index in [0.717, 1.165) is 11.3 Å². The maximum atomic E-state index is 6.25. The minimum absolute atomic E-state index is 0.247. The third kappa shape index (κ3) is 3.78. The lowest BCUT2D eigenvalue weighted by molar-refractivity contribution is 0.935. The molecular weight excluding hydrogens is 325 g/mol. The Morgan fingerprint density at radius 3 is 2.79 bits per heavy atom. The summed E-state index contributed by atoms with van der Waals surface area (Å²) in [7, 11) is 0. The second kappa shape index (κ2) is 6.35. The SMILES string of the molecule is Cc1cc(N)nc(SCC2=C(Cl)C=CC(Cl)C2Cl)n1. The van der Waals surface area contributed by atoms with Crippen molar-refractivity contribution in [2.45, 2.75) is 22.8 Å². The maximum Gasteiger partial charge on any atom is 0.190 e. The molecule has 19 heavy (non-hydrogen) atoms. The van der Waals surface area contributed by atoms with Crippen molar-refractivity contribution in [3.63, 3.8) is 0 Å². The highest BCUT2D eigenvalue weighted by molar-refractivity contribution is 7.99. The molecule has 102 valence electrons. The van der Waals surface area contributed by atoms with Crippen LogP contribution in [-0.2, 0) is 0 Å². The van der Waals surface area contributed by atoms with E-state index in [4.69, 9.17) is 40.5 Å². The van der Waals surface area contributed by atoms with Crippen LogP contribution in [0.5, 0.6) is 0 Å². The highest BCUT2D eigenvalue weighted by Crippen LogP contribution is 2.33. The predicted molar refractivity (Wildman–Crippen MR) is 83.2 cm³/mol. The van der Waals surface area contributed by atoms with Gasteiger partial charge in [0.1, 0.15) is 5.82 Å². The van der Waals surface area contributed by atoms with Crippen LogP contribution in [0.1, 0.15) is 5.69 Å². The van der Waals surface area contributed by atoms with Crippen LogP contribution in [0, 0.1) is 6.92 Å². The number of hydrogen-bond acceptors (Lipinski definition) is 4. The van der Waals surface area contributed by atoms with Gasteiger partial charge in [-0.05, 0) is 18.6 Å². The molecule has 3 nitrogen and oxygen atoms in total. The van der Waals surface area contributed by atoms with Gasteiger partial charge in [-0.15, -0.1) is 23.2 Å². The van der Waals surface area contributed by atoms with Crippen molar-refractivity contribution in [1.82, 2.24) is 9.97 Å². The molecule has 1 heterocycles. The number of hydrogen-bond donors (Lipinski definition) is 1. The Labute approximate surface area is 131 Å². The lowest BCUT2D eigenvalue weighted by atomic mass is 10.1. The molecule has 0 saturated heterocycles. The average Bonchev–Trinajstić information content (AvgIpc) is 2.33. The molecule has 1 aromatic rings. The van der Waals surface area contributed by atoms with E-state index < -0.39 is 0 Å². The van der Waals surface area contributed by atoms with Crippen LogP contribution in [0.2, 0.25) is 0 Å². The summed E-state index contributed by atoms with van der Waals surface area (Å²) in [6.07, 6.45) is 3.57. The molecule has 1 aliphatic carbocycles. The van der Waals surface area contributed by atoms with Crippen LogP contribution in [0.25, 0.3) is 0 Å². The van der Waals surface area contributed by atoms with Gasteiger partial charge in [-0.1, -0.05) is 29.4 Å². The molecule has 2 rings (SSSR count). The van der Waals surface area contributed by atoms with E-state index in [1.165, 1.54) is 11.8 Å². The van der Waals surface area contributed by atoms with Crippen molar-refractivity contribution in [3.05, 3.63) is 34.5 Å². The molecule has 0 radical (unpaired) electrons. The third-order valence-corrected chi connectivity index (χ3v) is 4.88. The van der Waals surface area contributed by atoms with Crippen molar-refractivity contribution in [2.24, 2.45) is 0 Å². The van der Waals surface area contributed by atoms with Crippen molar-refractivity contribution in [2.75, 3.05) is 11.5 Å². The van der Waals surface area contributed by atoms with E-state index in [-0.39, 0.29) is 10.8 Å². The number of anilines is 1. The Hall–Kier alpha value is -0.420. The zero-order chi connectivity index (χ0) is 14.0. The first-order valence-electron chi connectivity index (χ1n) is 5.56. The quantitative estimate of drug-likeness (QED) is 0.519. The maximum absolute atomic E-state index is 6.25. The Kier molecular flexibility index (Phi) is 5.01. The number of thioether (sulfide) groups is 1. The molecule has 1 aromatic heterocycles. The summed E-state index contributed by atoms with van der Waals surface area (Å²) in [6, 6.07) is 1.72. The molecule has 1 aliphatic rings. The fraction of sp³-hybridized carbons (Fsp3) is 0.333. The van der Waals surface area contributed by atoms with Gasteiger partial charge in [0.25, 0.3) is 0 Å². The van der Waals surface area contributed by atoms with Gasteiger partial charge in [0, 0.05) is 22.5 Å². The van der Waals surface area contributed by atoms with Gasteiger partial charge in [-0.3, -0.25) is 0 Å². The van der Waals surface area contributed by atoms with E-state index in [1.807, 2.05) is 6.92 Å². The number of allylic oxidation sites excluding steroid dienone is 3. The van der Waals surface area contributed by atoms with Gasteiger partial charge < -0.3 is 5.73 Å². The molecular formula is C12H12Cl3N3S. The number of nitrogens with two attached hydrogens (primary N) is 1. The first-order chi connectivity index (χ1) is 8.97. The molecule has 2 N–H and O–H groups in total. The van der Waals surface area contributed by atoms with E-state index in [1.54, 1.807) is 18.2 Å². The van der Waals surface area contributed by atoms with E-state index in [9.17, 15) is 0 Å². The van der Waals surface area contributed by atoms with Gasteiger partial charge in [0.15, 0.2) is 5.16 Å². The summed E-state index contributed by atoms with van der Waals surface area (Å²) in [5.41, 5.74) is 7.40. The smallest absolute Gasteiger partial charge is 0.190 e. The number of halogens is 3. The van der Waals surface area contributed by atoms with Crippen LogP contribution in [0.3, 0.4) is 0 Å². The monoisotopic (exact) mass is 335 g/mol. The lowest BCUT2D eigenvalue weighted by Crippen LogP contribution is -2.20. The minimum atomic E-state index is -0.311. The molecule has 0 saturated carbocycles. The lowest BCUT2D eigenvalue weighted by Gasteiger charge is -2.21. The minimum Gasteiger partial charge on any atom is -0.384 e. The van der Waals surface area contributed by atoms with E-state index >= 15 is 0 Å². The zero-order valence-electron chi connectivity index (χ0n) is 10.1. The first kappa shape index (κ1) is 15.0. The van der Waals surface area contributed by atoms with Crippen LogP contribution >= 0.6 is 46.6 Å². The second-order valence-corrected chi connectivity index (χ2v) is 6.41. The molecule has 2 atom stereocenters. The predicted octanol–water partition coefficient (Wildman–Crippen LogP) is 3.74. The Balaban J connectivity index is 2.11. The Morgan fingerprint density at radius 1 is 1.37 bits per heavy atom. The average molecular weight is 337 g/mol. The molecule has 0 spiro atoms. The molecule has 0 amide bonds. The molecule has 0 aliphatic heterocycles. The number of rotatable bonds is 3. The second-order valence-electron chi connectivity index (χ2n) is 4.08. The summed E-state index contributed by atoms with van der Waals surface area (Å²) in [4.78, 5) is 8.46. The standard InChI is InChI=1S/C12H12Cl3N3S/c1-6-4-10(16)18-12(17-6)19-5-7-8(13)2-3-9(14)11(7)15/h2-4,9,11H,5H2,1H3,(H2,16,17,18). The summed E-state index contributed by atoms with van der Waals surface area (Å²) < 4.78 is 0. The van der Waals surface area contributed by atoms with Crippen molar-refractivity contribution in [1.29, 1.82) is 0 Å². The summed E-state index contributed by atoms with van der Waals surface area (Å²) in [5.74, 6) is 1.04. The van der Waals surface area contributed by atoms with Crippen LogP contribution in [0.15, 0.2) is 34.0 Å². The topological polar surface area (TPSA) is 51.8 Å².